The van der Waals surface area contributed by atoms with E-state index in [0.29, 0.717) is 38.3 Å². The van der Waals surface area contributed by atoms with Crippen LogP contribution < -0.4 is 5.73 Å². The highest BCUT2D eigenvalue weighted by Crippen LogP contribution is 2.22. The van der Waals surface area contributed by atoms with Crippen molar-refractivity contribution in [2.45, 2.75) is 64.3 Å². The molecule has 5 heteroatoms. The number of amides is 1. The third-order valence-electron chi connectivity index (χ3n) is 4.56. The summed E-state index contributed by atoms with van der Waals surface area (Å²) in [6, 6.07) is 0.815. The first-order valence-electron chi connectivity index (χ1n) is 7.90. The maximum absolute atomic E-state index is 12.6. The van der Waals surface area contributed by atoms with Crippen molar-refractivity contribution in [2.24, 2.45) is 5.73 Å². The Morgan fingerprint density at radius 2 is 1.85 bits per heavy atom. The Hall–Kier alpha value is -0.650. The van der Waals surface area contributed by atoms with Crippen LogP contribution in [0.25, 0.3) is 0 Å². The molecule has 5 nitrogen and oxygen atoms in total. The SMILES string of the molecule is CC1CN(C(=O)CN2C(C)CCCC2CN)CC(C)O1. The average molecular weight is 283 g/mol. The second kappa shape index (κ2) is 6.87. The standard InChI is InChI=1S/C15H29N3O2/c1-11-5-4-6-14(7-16)18(11)10-15(19)17-8-12(2)20-13(3)9-17/h11-14H,4-10,16H2,1-3H3. The Morgan fingerprint density at radius 3 is 2.45 bits per heavy atom. The number of hydrogen-bond acceptors (Lipinski definition) is 4. The average Bonchev–Trinajstić information content (AvgIpc) is 2.39. The van der Waals surface area contributed by atoms with E-state index in [0.717, 1.165) is 6.42 Å². The van der Waals surface area contributed by atoms with Gasteiger partial charge in [0.1, 0.15) is 0 Å². The van der Waals surface area contributed by atoms with Gasteiger partial charge in [-0.25, -0.2) is 0 Å². The summed E-state index contributed by atoms with van der Waals surface area (Å²) in [5.74, 6) is 0.221. The summed E-state index contributed by atoms with van der Waals surface area (Å²) in [6.07, 6.45) is 3.77. The molecule has 0 aliphatic carbocycles. The predicted octanol–water partition coefficient (Wildman–Crippen LogP) is 0.824. The number of carbonyl (C=O) groups excluding carboxylic acids is 1. The van der Waals surface area contributed by atoms with Gasteiger partial charge < -0.3 is 15.4 Å². The van der Waals surface area contributed by atoms with Crippen LogP contribution in [0.4, 0.5) is 0 Å². The summed E-state index contributed by atoms with van der Waals surface area (Å²) in [5, 5.41) is 0. The fraction of sp³-hybridized carbons (Fsp3) is 0.933. The van der Waals surface area contributed by atoms with Gasteiger partial charge in [-0.05, 0) is 33.6 Å². The Labute approximate surface area is 122 Å². The van der Waals surface area contributed by atoms with Gasteiger partial charge in [-0.3, -0.25) is 9.69 Å². The largest absolute Gasteiger partial charge is 0.372 e. The quantitative estimate of drug-likeness (QED) is 0.833. The lowest BCUT2D eigenvalue weighted by molar-refractivity contribution is -0.145. The molecule has 0 aromatic carbocycles. The Kier molecular flexibility index (Phi) is 5.41. The molecule has 0 bridgehead atoms. The van der Waals surface area contributed by atoms with Gasteiger partial charge >= 0.3 is 0 Å². The van der Waals surface area contributed by atoms with Crippen molar-refractivity contribution in [3.05, 3.63) is 0 Å². The fourth-order valence-electron chi connectivity index (χ4n) is 3.52. The number of likely N-dealkylation sites (tertiary alicyclic amines) is 1. The summed E-state index contributed by atoms with van der Waals surface area (Å²) in [6.45, 7) is 8.83. The predicted molar refractivity (Wildman–Crippen MR) is 79.5 cm³/mol. The zero-order chi connectivity index (χ0) is 14.7. The van der Waals surface area contributed by atoms with Gasteiger partial charge in [-0.2, -0.15) is 0 Å². The molecule has 2 heterocycles. The van der Waals surface area contributed by atoms with E-state index in [1.54, 1.807) is 0 Å². The molecule has 116 valence electrons. The lowest BCUT2D eigenvalue weighted by Gasteiger charge is -2.42. The zero-order valence-corrected chi connectivity index (χ0v) is 13.0. The van der Waals surface area contributed by atoms with Crippen molar-refractivity contribution in [3.63, 3.8) is 0 Å². The molecule has 4 atom stereocenters. The Morgan fingerprint density at radius 1 is 1.20 bits per heavy atom. The van der Waals surface area contributed by atoms with Crippen LogP contribution in [0.3, 0.4) is 0 Å². The maximum Gasteiger partial charge on any atom is 0.236 e. The van der Waals surface area contributed by atoms with Gasteiger partial charge in [0.25, 0.3) is 0 Å². The first-order chi connectivity index (χ1) is 9.51. The molecule has 2 aliphatic rings. The Balaban J connectivity index is 1.95. The molecule has 1 amide bonds. The molecule has 2 aliphatic heterocycles. The van der Waals surface area contributed by atoms with Crippen molar-refractivity contribution in [1.29, 1.82) is 0 Å². The van der Waals surface area contributed by atoms with Gasteiger partial charge in [0, 0.05) is 31.7 Å². The van der Waals surface area contributed by atoms with Crippen LogP contribution in [-0.4, -0.2) is 66.2 Å². The maximum atomic E-state index is 12.6. The molecule has 4 unspecified atom stereocenters. The highest BCUT2D eigenvalue weighted by atomic mass is 16.5. The number of morpholine rings is 1. The minimum absolute atomic E-state index is 0.131. The zero-order valence-electron chi connectivity index (χ0n) is 13.0. The van der Waals surface area contributed by atoms with Gasteiger partial charge in [0.15, 0.2) is 0 Å². The first-order valence-corrected chi connectivity index (χ1v) is 7.90. The van der Waals surface area contributed by atoms with Crippen LogP contribution in [0.5, 0.6) is 0 Å². The second-order valence-electron chi connectivity index (χ2n) is 6.40. The Bertz CT molecular complexity index is 327. The third kappa shape index (κ3) is 3.71. The van der Waals surface area contributed by atoms with E-state index in [1.807, 2.05) is 18.7 Å². The van der Waals surface area contributed by atoms with Crippen molar-refractivity contribution >= 4 is 5.91 Å². The van der Waals surface area contributed by atoms with Crippen LogP contribution >= 0.6 is 0 Å². The van der Waals surface area contributed by atoms with E-state index >= 15 is 0 Å². The number of rotatable bonds is 3. The third-order valence-corrected chi connectivity index (χ3v) is 4.56. The van der Waals surface area contributed by atoms with E-state index < -0.39 is 0 Å². The minimum atomic E-state index is 0.131. The van der Waals surface area contributed by atoms with Crippen molar-refractivity contribution in [3.8, 4) is 0 Å². The van der Waals surface area contributed by atoms with Crippen LogP contribution in [0.1, 0.15) is 40.0 Å². The van der Waals surface area contributed by atoms with Crippen LogP contribution in [0.2, 0.25) is 0 Å². The molecule has 2 saturated heterocycles. The van der Waals surface area contributed by atoms with Crippen LogP contribution in [-0.2, 0) is 9.53 Å². The van der Waals surface area contributed by atoms with Gasteiger partial charge in [-0.1, -0.05) is 6.42 Å². The summed E-state index contributed by atoms with van der Waals surface area (Å²) < 4.78 is 5.69. The topological polar surface area (TPSA) is 58.8 Å². The summed E-state index contributed by atoms with van der Waals surface area (Å²) >= 11 is 0. The monoisotopic (exact) mass is 283 g/mol. The molecule has 0 saturated carbocycles. The van der Waals surface area contributed by atoms with E-state index in [-0.39, 0.29) is 18.1 Å². The molecule has 0 spiro atoms. The van der Waals surface area contributed by atoms with Crippen molar-refractivity contribution in [1.82, 2.24) is 9.80 Å². The normalized spacial score (nSPS) is 36.1. The van der Waals surface area contributed by atoms with Gasteiger partial charge in [0.2, 0.25) is 5.91 Å². The van der Waals surface area contributed by atoms with E-state index in [9.17, 15) is 4.79 Å². The number of carbonyl (C=O) groups is 1. The first kappa shape index (κ1) is 15.7. The molecule has 20 heavy (non-hydrogen) atoms. The number of hydrogen-bond donors (Lipinski definition) is 1. The minimum Gasteiger partial charge on any atom is -0.372 e. The second-order valence-corrected chi connectivity index (χ2v) is 6.40. The van der Waals surface area contributed by atoms with Gasteiger partial charge in [-0.15, -0.1) is 0 Å². The van der Waals surface area contributed by atoms with Crippen LogP contribution in [0.15, 0.2) is 0 Å². The highest BCUT2D eigenvalue weighted by molar-refractivity contribution is 5.78. The lowest BCUT2D eigenvalue weighted by atomic mass is 9.96. The summed E-state index contributed by atoms with van der Waals surface area (Å²) in [5.41, 5.74) is 5.87. The summed E-state index contributed by atoms with van der Waals surface area (Å²) in [4.78, 5) is 16.8. The molecular weight excluding hydrogens is 254 g/mol. The number of nitrogens with zero attached hydrogens (tertiary/aromatic N) is 2. The number of ether oxygens (including phenoxy) is 1. The molecule has 0 aromatic heterocycles. The fourth-order valence-corrected chi connectivity index (χ4v) is 3.52. The molecule has 0 radical (unpaired) electrons. The summed E-state index contributed by atoms with van der Waals surface area (Å²) in [7, 11) is 0. The van der Waals surface area contributed by atoms with Gasteiger partial charge in [0.05, 0.1) is 18.8 Å². The highest BCUT2D eigenvalue weighted by Gasteiger charge is 2.32. The molecule has 2 N–H and O–H groups in total. The number of nitrogens with two attached hydrogens (primary N) is 1. The lowest BCUT2D eigenvalue weighted by Crippen LogP contribution is -2.55. The van der Waals surface area contributed by atoms with Crippen LogP contribution in [0, 0.1) is 0 Å². The molecule has 2 fully saturated rings. The van der Waals surface area contributed by atoms with Crippen molar-refractivity contribution < 1.29 is 9.53 Å². The molecule has 2 rings (SSSR count). The van der Waals surface area contributed by atoms with E-state index in [2.05, 4.69) is 11.8 Å². The van der Waals surface area contributed by atoms with Crippen molar-refractivity contribution in [2.75, 3.05) is 26.2 Å². The van der Waals surface area contributed by atoms with E-state index in [4.69, 9.17) is 10.5 Å². The molecular formula is C15H29N3O2. The smallest absolute Gasteiger partial charge is 0.236 e. The van der Waals surface area contributed by atoms with E-state index in [1.165, 1.54) is 12.8 Å². The number of piperidine rings is 1. The molecule has 0 aromatic rings.